The summed E-state index contributed by atoms with van der Waals surface area (Å²) in [4.78, 5) is 9.33. The van der Waals surface area contributed by atoms with Crippen molar-refractivity contribution in [1.29, 1.82) is 0 Å². The number of nitrogens with zero attached hydrogens (tertiary/aromatic N) is 2. The van der Waals surface area contributed by atoms with E-state index in [9.17, 15) is 0 Å². The Balaban J connectivity index is 1.35. The van der Waals surface area contributed by atoms with Gasteiger partial charge in [-0.2, -0.15) is 0 Å². The third-order valence-electron chi connectivity index (χ3n) is 7.77. The van der Waals surface area contributed by atoms with Gasteiger partial charge >= 0.3 is 0 Å². The van der Waals surface area contributed by atoms with Gasteiger partial charge in [0.2, 0.25) is 0 Å². The zero-order valence-electron chi connectivity index (χ0n) is 20.8. The topological polar surface area (TPSA) is 38.4 Å². The highest BCUT2D eigenvalue weighted by Crippen LogP contribution is 2.50. The zero-order chi connectivity index (χ0) is 25.4. The summed E-state index contributed by atoms with van der Waals surface area (Å²) in [5.74, 6) is 0. The Morgan fingerprint density at radius 3 is 2.42 bits per heavy atom. The lowest BCUT2D eigenvalue weighted by Crippen LogP contribution is -1.88. The van der Waals surface area contributed by atoms with E-state index in [1.165, 1.54) is 27.6 Å². The number of aromatic nitrogens is 1. The molecule has 3 nitrogen and oxygen atoms in total. The summed E-state index contributed by atoms with van der Waals surface area (Å²) in [5, 5.41) is 5.73. The van der Waals surface area contributed by atoms with Crippen molar-refractivity contribution in [3.63, 3.8) is 0 Å². The summed E-state index contributed by atoms with van der Waals surface area (Å²) < 4.78 is 6.58. The summed E-state index contributed by atoms with van der Waals surface area (Å²) in [5.41, 5.74) is 11.5. The second-order valence-electron chi connectivity index (χ2n) is 9.82. The maximum Gasteiger partial charge on any atom is 0.143 e. The van der Waals surface area contributed by atoms with Crippen molar-refractivity contribution >= 4 is 62.1 Å². The molecule has 0 unspecified atom stereocenters. The standard InChI is InChI=1S/C35H22N2O/c1-3-7-20-12-13-21-15-17-30(37-34(21)33(20)36-2)22-14-16-25-29-19-28-24-9-5-4-8-23(24)26-10-6-11-27(32(26)28)35(29)38-31(25)18-22/h3-19H,2H2,1H3/b7-3-. The van der Waals surface area contributed by atoms with E-state index in [0.717, 1.165) is 60.7 Å². The summed E-state index contributed by atoms with van der Waals surface area (Å²) >= 11 is 0. The Labute approximate surface area is 219 Å². The van der Waals surface area contributed by atoms with Gasteiger partial charge in [0.25, 0.3) is 0 Å². The first-order valence-corrected chi connectivity index (χ1v) is 12.8. The van der Waals surface area contributed by atoms with E-state index in [1.807, 2.05) is 19.1 Å². The number of aliphatic imine (C=N–C) groups is 1. The smallest absolute Gasteiger partial charge is 0.143 e. The molecule has 0 radical (unpaired) electrons. The number of rotatable bonds is 3. The van der Waals surface area contributed by atoms with E-state index >= 15 is 0 Å². The largest absolute Gasteiger partial charge is 0.455 e. The van der Waals surface area contributed by atoms with Crippen LogP contribution in [0.1, 0.15) is 12.5 Å². The van der Waals surface area contributed by atoms with Gasteiger partial charge in [-0.15, -0.1) is 0 Å². The van der Waals surface area contributed by atoms with Gasteiger partial charge in [0.05, 0.1) is 16.9 Å². The Bertz CT molecular complexity index is 2160. The molecule has 1 aliphatic rings. The molecule has 0 N–H and O–H groups in total. The van der Waals surface area contributed by atoms with Crippen molar-refractivity contribution < 1.29 is 4.42 Å². The Kier molecular flexibility index (Phi) is 4.30. The lowest BCUT2D eigenvalue weighted by Gasteiger charge is -2.08. The highest BCUT2D eigenvalue weighted by Gasteiger charge is 2.24. The van der Waals surface area contributed by atoms with E-state index in [0.29, 0.717) is 0 Å². The van der Waals surface area contributed by atoms with Crippen molar-refractivity contribution in [3.05, 3.63) is 103 Å². The molecule has 7 aromatic rings. The van der Waals surface area contributed by atoms with Gasteiger partial charge in [0.15, 0.2) is 0 Å². The van der Waals surface area contributed by atoms with Crippen LogP contribution in [0.4, 0.5) is 5.69 Å². The Morgan fingerprint density at radius 1 is 0.763 bits per heavy atom. The average Bonchev–Trinajstić information content (AvgIpc) is 3.50. The molecule has 0 fully saturated rings. The molecule has 3 heteroatoms. The normalized spacial score (nSPS) is 12.3. The molecule has 0 saturated heterocycles. The second-order valence-corrected chi connectivity index (χ2v) is 9.82. The van der Waals surface area contributed by atoms with Crippen molar-refractivity contribution in [3.8, 4) is 33.5 Å². The molecule has 0 spiro atoms. The fourth-order valence-electron chi connectivity index (χ4n) is 6.09. The number of pyridine rings is 1. The van der Waals surface area contributed by atoms with Gasteiger partial charge in [0, 0.05) is 38.1 Å². The molecular formula is C35H22N2O. The molecule has 0 aliphatic heterocycles. The van der Waals surface area contributed by atoms with Gasteiger partial charge in [-0.3, -0.25) is 4.99 Å². The van der Waals surface area contributed by atoms with Gasteiger partial charge in [0.1, 0.15) is 11.2 Å². The lowest BCUT2D eigenvalue weighted by molar-refractivity contribution is 0.673. The second kappa shape index (κ2) is 7.74. The van der Waals surface area contributed by atoms with Crippen LogP contribution in [0.2, 0.25) is 0 Å². The predicted molar refractivity (Wildman–Crippen MR) is 160 cm³/mol. The fraction of sp³-hybridized carbons (Fsp3) is 0.0286. The molecule has 8 rings (SSSR count). The van der Waals surface area contributed by atoms with Crippen LogP contribution in [0.3, 0.4) is 0 Å². The molecule has 0 saturated carbocycles. The number of allylic oxidation sites excluding steroid dienone is 1. The molecule has 0 amide bonds. The van der Waals surface area contributed by atoms with E-state index < -0.39 is 0 Å². The molecule has 1 aliphatic carbocycles. The van der Waals surface area contributed by atoms with E-state index in [-0.39, 0.29) is 0 Å². The summed E-state index contributed by atoms with van der Waals surface area (Å²) in [6.45, 7) is 5.81. The highest BCUT2D eigenvalue weighted by molar-refractivity contribution is 6.25. The number of benzene rings is 5. The maximum atomic E-state index is 6.58. The fourth-order valence-corrected chi connectivity index (χ4v) is 6.09. The number of fused-ring (bicyclic) bond motifs is 8. The van der Waals surface area contributed by atoms with Gasteiger partial charge < -0.3 is 4.42 Å². The Hall–Kier alpha value is -5.02. The van der Waals surface area contributed by atoms with Crippen molar-refractivity contribution in [2.24, 2.45) is 4.99 Å². The van der Waals surface area contributed by atoms with Crippen LogP contribution in [-0.4, -0.2) is 11.7 Å². The van der Waals surface area contributed by atoms with E-state index in [2.05, 4.69) is 103 Å². The third-order valence-corrected chi connectivity index (χ3v) is 7.77. The lowest BCUT2D eigenvalue weighted by atomic mass is 9.99. The van der Waals surface area contributed by atoms with Crippen molar-refractivity contribution in [1.82, 2.24) is 4.98 Å². The quantitative estimate of drug-likeness (QED) is 0.233. The third kappa shape index (κ3) is 2.79. The molecule has 0 atom stereocenters. The van der Waals surface area contributed by atoms with Crippen LogP contribution in [0.5, 0.6) is 0 Å². The van der Waals surface area contributed by atoms with Crippen LogP contribution in [0.25, 0.3) is 83.2 Å². The van der Waals surface area contributed by atoms with Crippen LogP contribution in [-0.2, 0) is 0 Å². The minimum absolute atomic E-state index is 0.803. The summed E-state index contributed by atoms with van der Waals surface area (Å²) in [7, 11) is 0. The number of hydrogen-bond donors (Lipinski definition) is 0. The summed E-state index contributed by atoms with van der Waals surface area (Å²) in [6, 6.07) is 32.2. The van der Waals surface area contributed by atoms with Gasteiger partial charge in [-0.25, -0.2) is 4.98 Å². The van der Waals surface area contributed by atoms with Crippen molar-refractivity contribution in [2.45, 2.75) is 6.92 Å². The molecule has 38 heavy (non-hydrogen) atoms. The van der Waals surface area contributed by atoms with Gasteiger partial charge in [-0.1, -0.05) is 78.9 Å². The highest BCUT2D eigenvalue weighted by atomic mass is 16.3. The van der Waals surface area contributed by atoms with Gasteiger partial charge in [-0.05, 0) is 60.2 Å². The SMILES string of the molecule is C=Nc1c(/C=C\C)ccc2ccc(-c3ccc4c(c3)oc3c5cccc6c5c(cc43)-c3ccccc3-6)nc12. The monoisotopic (exact) mass is 486 g/mol. The number of hydrogen-bond acceptors (Lipinski definition) is 3. The minimum Gasteiger partial charge on any atom is -0.455 e. The molecular weight excluding hydrogens is 464 g/mol. The first kappa shape index (κ1) is 21.1. The number of furan rings is 1. The molecule has 5 aromatic carbocycles. The molecule has 2 aromatic heterocycles. The van der Waals surface area contributed by atoms with Crippen molar-refractivity contribution in [2.75, 3.05) is 0 Å². The molecule has 178 valence electrons. The van der Waals surface area contributed by atoms with Crippen LogP contribution in [0, 0.1) is 0 Å². The zero-order valence-corrected chi connectivity index (χ0v) is 20.8. The molecule has 0 bridgehead atoms. The Morgan fingerprint density at radius 2 is 1.58 bits per heavy atom. The maximum absolute atomic E-state index is 6.58. The summed E-state index contributed by atoms with van der Waals surface area (Å²) in [6.07, 6.45) is 4.04. The van der Waals surface area contributed by atoms with Crippen LogP contribution >= 0.6 is 0 Å². The van der Waals surface area contributed by atoms with E-state index in [4.69, 9.17) is 9.40 Å². The average molecular weight is 487 g/mol. The molecule has 2 heterocycles. The van der Waals surface area contributed by atoms with Crippen LogP contribution in [0.15, 0.2) is 106 Å². The first-order chi connectivity index (χ1) is 18.7. The van der Waals surface area contributed by atoms with E-state index in [1.54, 1.807) is 0 Å². The predicted octanol–water partition coefficient (Wildman–Crippen LogP) is 9.97. The minimum atomic E-state index is 0.803. The first-order valence-electron chi connectivity index (χ1n) is 12.8. The van der Waals surface area contributed by atoms with Crippen LogP contribution < -0.4 is 0 Å².